The Morgan fingerprint density at radius 2 is 2.00 bits per heavy atom. The van der Waals surface area contributed by atoms with Gasteiger partial charge < -0.3 is 16.0 Å². The molecule has 1 atom stereocenters. The maximum Gasteiger partial charge on any atom is 0.222 e. The number of hydrogen-bond donors (Lipinski definition) is 2. The molecule has 0 radical (unpaired) electrons. The molecule has 3 rings (SSSR count). The molecule has 3 N–H and O–H groups in total. The molecule has 1 aromatic heterocycles. The summed E-state index contributed by atoms with van der Waals surface area (Å²) < 4.78 is 1.20. The fraction of sp³-hybridized carbons (Fsp3) is 0.550. The molecule has 1 aromatic carbocycles. The lowest BCUT2D eigenvalue weighted by Gasteiger charge is -2.36. The zero-order valence-electron chi connectivity index (χ0n) is 16.5. The van der Waals surface area contributed by atoms with Crippen molar-refractivity contribution in [2.75, 3.05) is 19.6 Å². The minimum atomic E-state index is -0.0358. The van der Waals surface area contributed by atoms with Gasteiger partial charge in [0.25, 0.3) is 0 Å². The maximum absolute atomic E-state index is 12.7. The van der Waals surface area contributed by atoms with Crippen molar-refractivity contribution < 1.29 is 9.59 Å². The van der Waals surface area contributed by atoms with Gasteiger partial charge in [0.05, 0.1) is 15.2 Å². The number of fused-ring (bicyclic) bond motifs is 1. The molecule has 0 saturated carbocycles. The van der Waals surface area contributed by atoms with Gasteiger partial charge in [-0.1, -0.05) is 12.1 Å². The van der Waals surface area contributed by atoms with Crippen molar-refractivity contribution >= 4 is 58.2 Å². The summed E-state index contributed by atoms with van der Waals surface area (Å²) in [4.78, 5) is 31.0. The topological polar surface area (TPSA) is 88.3 Å². The van der Waals surface area contributed by atoms with Crippen molar-refractivity contribution in [2.45, 2.75) is 51.0 Å². The van der Waals surface area contributed by atoms with Crippen molar-refractivity contribution in [2.24, 2.45) is 5.73 Å². The standard InChI is InChI=1S/C20H28N4O2S.2ClH/c21-12-11-18(25)22-14-15-6-3-4-13-24(15)20(26)10-5-9-19-23-16-7-1-2-8-17(16)27-19;;/h1-2,7-8,15H,3-6,9-14,21H2,(H,22,25);2*1H. The number of nitrogens with zero attached hydrogens (tertiary/aromatic N) is 2. The Bertz CT molecular complexity index is 754. The van der Waals surface area contributed by atoms with E-state index in [1.807, 2.05) is 23.1 Å². The van der Waals surface area contributed by atoms with Crippen LogP contribution in [0.2, 0.25) is 0 Å². The van der Waals surface area contributed by atoms with Crippen molar-refractivity contribution in [1.82, 2.24) is 15.2 Å². The number of carbonyl (C=O) groups is 2. The number of aromatic nitrogens is 1. The summed E-state index contributed by atoms with van der Waals surface area (Å²) in [5, 5.41) is 4.00. The molecule has 1 unspecified atom stereocenters. The van der Waals surface area contributed by atoms with Gasteiger partial charge in [0.1, 0.15) is 0 Å². The molecule has 162 valence electrons. The summed E-state index contributed by atoms with van der Waals surface area (Å²) in [7, 11) is 0. The second-order valence-electron chi connectivity index (χ2n) is 7.01. The molecular weight excluding hydrogens is 431 g/mol. The highest BCUT2D eigenvalue weighted by Crippen LogP contribution is 2.23. The molecule has 29 heavy (non-hydrogen) atoms. The highest BCUT2D eigenvalue weighted by molar-refractivity contribution is 7.18. The van der Waals surface area contributed by atoms with Crippen LogP contribution in [0.4, 0.5) is 0 Å². The van der Waals surface area contributed by atoms with Gasteiger partial charge in [-0.15, -0.1) is 36.2 Å². The second kappa shape index (κ2) is 13.0. The van der Waals surface area contributed by atoms with E-state index in [1.54, 1.807) is 11.3 Å². The summed E-state index contributed by atoms with van der Waals surface area (Å²) in [6.45, 7) is 1.67. The molecule has 1 fully saturated rings. The molecule has 2 amide bonds. The van der Waals surface area contributed by atoms with Crippen LogP contribution in [0.15, 0.2) is 24.3 Å². The Kier molecular flexibility index (Phi) is 11.5. The first-order valence-corrected chi connectivity index (χ1v) is 10.6. The molecule has 1 aliphatic rings. The molecule has 1 aliphatic heterocycles. The van der Waals surface area contributed by atoms with E-state index in [9.17, 15) is 9.59 Å². The van der Waals surface area contributed by atoms with Crippen LogP contribution in [-0.2, 0) is 16.0 Å². The van der Waals surface area contributed by atoms with Crippen molar-refractivity contribution in [3.05, 3.63) is 29.3 Å². The number of nitrogens with one attached hydrogen (secondary N) is 1. The Morgan fingerprint density at radius 3 is 2.76 bits per heavy atom. The molecule has 1 saturated heterocycles. The highest BCUT2D eigenvalue weighted by atomic mass is 35.5. The number of nitrogens with two attached hydrogens (primary N) is 1. The third-order valence-electron chi connectivity index (χ3n) is 4.97. The van der Waals surface area contributed by atoms with E-state index in [-0.39, 0.29) is 42.7 Å². The molecule has 2 heterocycles. The van der Waals surface area contributed by atoms with E-state index in [0.717, 1.165) is 49.2 Å². The smallest absolute Gasteiger partial charge is 0.222 e. The Morgan fingerprint density at radius 1 is 1.21 bits per heavy atom. The quantitative estimate of drug-likeness (QED) is 0.632. The number of aryl methyl sites for hydroxylation is 1. The van der Waals surface area contributed by atoms with Crippen molar-refractivity contribution in [3.8, 4) is 0 Å². The molecule has 0 bridgehead atoms. The van der Waals surface area contributed by atoms with Gasteiger partial charge in [0.2, 0.25) is 11.8 Å². The number of halogens is 2. The predicted molar refractivity (Wildman–Crippen MR) is 123 cm³/mol. The number of rotatable bonds is 8. The van der Waals surface area contributed by atoms with Crippen LogP contribution >= 0.6 is 36.2 Å². The van der Waals surface area contributed by atoms with Crippen LogP contribution in [0.25, 0.3) is 10.2 Å². The lowest BCUT2D eigenvalue weighted by molar-refractivity contribution is -0.135. The van der Waals surface area contributed by atoms with Crippen molar-refractivity contribution in [1.29, 1.82) is 0 Å². The van der Waals surface area contributed by atoms with Gasteiger partial charge in [-0.3, -0.25) is 9.59 Å². The van der Waals surface area contributed by atoms with Gasteiger partial charge in [0, 0.05) is 38.5 Å². The fourth-order valence-corrected chi connectivity index (χ4v) is 4.56. The number of carbonyl (C=O) groups excluding carboxylic acids is 2. The average molecular weight is 461 g/mol. The molecule has 9 heteroatoms. The Labute approximate surface area is 188 Å². The molecule has 6 nitrogen and oxygen atoms in total. The van der Waals surface area contributed by atoms with Crippen LogP contribution in [-0.4, -0.2) is 47.4 Å². The van der Waals surface area contributed by atoms with Gasteiger partial charge >= 0.3 is 0 Å². The number of benzene rings is 1. The molecule has 0 spiro atoms. The normalized spacial score (nSPS) is 16.0. The van der Waals surface area contributed by atoms with Gasteiger partial charge in [-0.25, -0.2) is 4.98 Å². The summed E-state index contributed by atoms with van der Waals surface area (Å²) in [5.74, 6) is 0.153. The Balaban J connectivity index is 0.00000210. The minimum absolute atomic E-state index is 0. The van der Waals surface area contributed by atoms with Gasteiger partial charge in [-0.2, -0.15) is 0 Å². The van der Waals surface area contributed by atoms with E-state index in [0.29, 0.717) is 25.9 Å². The lowest BCUT2D eigenvalue weighted by Crippen LogP contribution is -2.49. The lowest BCUT2D eigenvalue weighted by atomic mass is 10.0. The van der Waals surface area contributed by atoms with Crippen LogP contribution in [0, 0.1) is 0 Å². The zero-order valence-corrected chi connectivity index (χ0v) is 18.9. The number of likely N-dealkylation sites (tertiary alicyclic amines) is 1. The van der Waals surface area contributed by atoms with Gasteiger partial charge in [-0.05, 0) is 44.2 Å². The third-order valence-corrected chi connectivity index (χ3v) is 6.07. The van der Waals surface area contributed by atoms with E-state index in [4.69, 9.17) is 5.73 Å². The third kappa shape index (κ3) is 7.41. The average Bonchev–Trinajstić information content (AvgIpc) is 3.09. The number of hydrogen-bond acceptors (Lipinski definition) is 5. The number of piperidine rings is 1. The van der Waals surface area contributed by atoms with Crippen LogP contribution < -0.4 is 11.1 Å². The highest BCUT2D eigenvalue weighted by Gasteiger charge is 2.26. The number of para-hydroxylation sites is 1. The Hall–Kier alpha value is -1.41. The first-order valence-electron chi connectivity index (χ1n) is 9.78. The van der Waals surface area contributed by atoms with E-state index < -0.39 is 0 Å². The molecule has 0 aliphatic carbocycles. The van der Waals surface area contributed by atoms with Crippen LogP contribution in [0.3, 0.4) is 0 Å². The summed E-state index contributed by atoms with van der Waals surface area (Å²) >= 11 is 1.71. The molecule has 2 aromatic rings. The second-order valence-corrected chi connectivity index (χ2v) is 8.12. The zero-order chi connectivity index (χ0) is 19.1. The monoisotopic (exact) mass is 460 g/mol. The van der Waals surface area contributed by atoms with E-state index in [2.05, 4.69) is 16.4 Å². The number of thiazole rings is 1. The molecular formula is C20H30Cl2N4O2S. The largest absolute Gasteiger partial charge is 0.354 e. The first kappa shape index (κ1) is 25.6. The van der Waals surface area contributed by atoms with E-state index >= 15 is 0 Å². The van der Waals surface area contributed by atoms with Crippen molar-refractivity contribution in [3.63, 3.8) is 0 Å². The predicted octanol–water partition coefficient (Wildman–Crippen LogP) is 3.31. The summed E-state index contributed by atoms with van der Waals surface area (Å²) in [5.41, 5.74) is 6.45. The van der Waals surface area contributed by atoms with Gasteiger partial charge in [0.15, 0.2) is 0 Å². The fourth-order valence-electron chi connectivity index (χ4n) is 3.55. The maximum atomic E-state index is 12.7. The van der Waals surface area contributed by atoms with Crippen LogP contribution in [0.5, 0.6) is 0 Å². The first-order chi connectivity index (χ1) is 13.2. The minimum Gasteiger partial charge on any atom is -0.354 e. The summed E-state index contributed by atoms with van der Waals surface area (Å²) in [6.07, 6.45) is 5.60. The number of amides is 2. The summed E-state index contributed by atoms with van der Waals surface area (Å²) in [6, 6.07) is 8.24. The van der Waals surface area contributed by atoms with E-state index in [1.165, 1.54) is 4.70 Å². The SMILES string of the molecule is Cl.Cl.NCCC(=O)NCC1CCCCN1C(=O)CCCc1nc2ccccc2s1. The van der Waals surface area contributed by atoms with Crippen LogP contribution in [0.1, 0.15) is 43.5 Å².